The van der Waals surface area contributed by atoms with Crippen molar-refractivity contribution < 1.29 is 29.3 Å². The van der Waals surface area contributed by atoms with Gasteiger partial charge in [-0.3, -0.25) is 9.59 Å². The van der Waals surface area contributed by atoms with Crippen LogP contribution in [0.25, 0.3) is 0 Å². The molecule has 0 spiro atoms. The summed E-state index contributed by atoms with van der Waals surface area (Å²) in [5.41, 5.74) is -1.24. The fraction of sp³-hybridized carbons (Fsp3) is 0.821. The summed E-state index contributed by atoms with van der Waals surface area (Å²) in [6.45, 7) is 8.91. The maximum atomic E-state index is 12.9. The fourth-order valence-corrected chi connectivity index (χ4v) is 4.82. The van der Waals surface area contributed by atoms with Gasteiger partial charge in [0.2, 0.25) is 0 Å². The zero-order chi connectivity index (χ0) is 25.6. The van der Waals surface area contributed by atoms with Crippen LogP contribution in [-0.2, 0) is 19.1 Å². The normalized spacial score (nSPS) is 21.1. The maximum absolute atomic E-state index is 12.9. The number of hydrogen-bond donors (Lipinski definition) is 2. The molecule has 2 unspecified atom stereocenters. The van der Waals surface area contributed by atoms with E-state index in [0.717, 1.165) is 25.2 Å². The highest BCUT2D eigenvalue weighted by molar-refractivity contribution is 5.92. The number of carbonyl (C=O) groups excluding carboxylic acids is 1. The number of hydrogen-bond acceptors (Lipinski definition) is 4. The summed E-state index contributed by atoms with van der Waals surface area (Å²) in [6.07, 6.45) is 13.6. The molecule has 0 aromatic rings. The molecule has 6 heteroatoms. The second kappa shape index (κ2) is 15.9. The zero-order valence-electron chi connectivity index (χ0n) is 21.9. The van der Waals surface area contributed by atoms with E-state index in [1.807, 2.05) is 13.8 Å². The van der Waals surface area contributed by atoms with Crippen LogP contribution in [0.2, 0.25) is 0 Å². The Labute approximate surface area is 206 Å². The van der Waals surface area contributed by atoms with Crippen molar-refractivity contribution in [3.63, 3.8) is 0 Å². The Morgan fingerprint density at radius 3 is 2.03 bits per heavy atom. The lowest BCUT2D eigenvalue weighted by Crippen LogP contribution is -2.44. The third kappa shape index (κ3) is 10.6. The first-order chi connectivity index (χ1) is 16.1. The number of rotatable bonds is 17. The van der Waals surface area contributed by atoms with Crippen LogP contribution in [0.4, 0.5) is 0 Å². The maximum Gasteiger partial charge on any atom is 0.333 e. The fourth-order valence-electron chi connectivity index (χ4n) is 4.82. The molecule has 0 aromatic carbocycles. The van der Waals surface area contributed by atoms with Crippen molar-refractivity contribution in [3.05, 3.63) is 11.6 Å². The van der Waals surface area contributed by atoms with E-state index < -0.39 is 29.2 Å². The van der Waals surface area contributed by atoms with Crippen molar-refractivity contribution in [3.8, 4) is 0 Å². The van der Waals surface area contributed by atoms with Crippen molar-refractivity contribution in [2.24, 2.45) is 23.2 Å². The molecule has 0 amide bonds. The first kappa shape index (κ1) is 30.2. The number of carboxylic acids is 2. The lowest BCUT2D eigenvalue weighted by Gasteiger charge is -2.36. The molecule has 1 fully saturated rings. The average molecular weight is 481 g/mol. The first-order valence-electron chi connectivity index (χ1n) is 13.4. The third-order valence-corrected chi connectivity index (χ3v) is 7.00. The van der Waals surface area contributed by atoms with Gasteiger partial charge in [0.05, 0.1) is 17.9 Å². The molecule has 1 saturated carbocycles. The largest absolute Gasteiger partial charge is 0.481 e. The van der Waals surface area contributed by atoms with E-state index in [4.69, 9.17) is 4.74 Å². The summed E-state index contributed by atoms with van der Waals surface area (Å²) in [5, 5.41) is 19.7. The number of carbonyl (C=O) groups is 3. The van der Waals surface area contributed by atoms with Crippen molar-refractivity contribution in [2.75, 3.05) is 6.61 Å². The van der Waals surface area contributed by atoms with Gasteiger partial charge in [-0.1, -0.05) is 91.6 Å². The number of aliphatic carboxylic acids is 2. The van der Waals surface area contributed by atoms with Crippen molar-refractivity contribution >= 4 is 17.9 Å². The van der Waals surface area contributed by atoms with Gasteiger partial charge in [-0.25, -0.2) is 4.79 Å². The van der Waals surface area contributed by atoms with Crippen LogP contribution < -0.4 is 0 Å². The van der Waals surface area contributed by atoms with Crippen LogP contribution in [0, 0.1) is 23.2 Å². The monoisotopic (exact) mass is 480 g/mol. The predicted molar refractivity (Wildman–Crippen MR) is 135 cm³/mol. The SMILES string of the molecule is CC(C)CCCCCCCCCOC(=O)C(=CC1(C(=O)O)CCCCC1C(=O)O)CCC(C)C. The van der Waals surface area contributed by atoms with Gasteiger partial charge in [0, 0.05) is 5.57 Å². The van der Waals surface area contributed by atoms with E-state index in [-0.39, 0.29) is 6.42 Å². The minimum absolute atomic E-state index is 0.231. The van der Waals surface area contributed by atoms with Crippen molar-refractivity contribution in [1.29, 1.82) is 0 Å². The summed E-state index contributed by atoms with van der Waals surface area (Å²) in [5.74, 6) is -2.69. The Bertz CT molecular complexity index is 666. The highest BCUT2D eigenvalue weighted by Crippen LogP contribution is 2.44. The van der Waals surface area contributed by atoms with Gasteiger partial charge in [-0.15, -0.1) is 0 Å². The number of carboxylic acid groups (broad SMARTS) is 2. The zero-order valence-corrected chi connectivity index (χ0v) is 21.9. The average Bonchev–Trinajstić information content (AvgIpc) is 2.77. The summed E-state index contributed by atoms with van der Waals surface area (Å²) < 4.78 is 5.52. The number of ether oxygens (including phenoxy) is 1. The molecule has 2 atom stereocenters. The first-order valence-corrected chi connectivity index (χ1v) is 13.4. The molecule has 0 bridgehead atoms. The van der Waals surface area contributed by atoms with E-state index in [1.54, 1.807) is 0 Å². The Morgan fingerprint density at radius 2 is 1.47 bits per heavy atom. The van der Waals surface area contributed by atoms with Crippen molar-refractivity contribution in [2.45, 2.75) is 118 Å². The molecular weight excluding hydrogens is 432 g/mol. The lowest BCUT2D eigenvalue weighted by atomic mass is 9.65. The van der Waals surface area contributed by atoms with Gasteiger partial charge in [0.1, 0.15) is 0 Å². The second-order valence-corrected chi connectivity index (χ2v) is 10.9. The molecule has 6 nitrogen and oxygen atoms in total. The Hall–Kier alpha value is -1.85. The second-order valence-electron chi connectivity index (χ2n) is 10.9. The van der Waals surface area contributed by atoms with Gasteiger partial charge in [0.15, 0.2) is 0 Å². The molecule has 0 radical (unpaired) electrons. The molecule has 1 rings (SSSR count). The van der Waals surface area contributed by atoms with E-state index in [1.165, 1.54) is 38.2 Å². The molecular formula is C28H48O6. The Morgan fingerprint density at radius 1 is 0.882 bits per heavy atom. The molecule has 0 aromatic heterocycles. The van der Waals surface area contributed by atoms with Gasteiger partial charge in [0.25, 0.3) is 0 Å². The van der Waals surface area contributed by atoms with Crippen molar-refractivity contribution in [1.82, 2.24) is 0 Å². The highest BCUT2D eigenvalue weighted by atomic mass is 16.5. The van der Waals surface area contributed by atoms with Crippen LogP contribution in [0.15, 0.2) is 11.6 Å². The molecule has 1 aliphatic carbocycles. The lowest BCUT2D eigenvalue weighted by molar-refractivity contribution is -0.161. The topological polar surface area (TPSA) is 101 Å². The standard InChI is InChI=1S/C28H48O6/c1-21(2)14-10-8-6-5-7-9-13-19-34-26(31)23(17-16-22(3)4)20-28(27(32)33)18-12-11-15-24(28)25(29)30/h20-22,24H,5-19H2,1-4H3,(H,29,30)(H,32,33). The minimum atomic E-state index is -1.55. The molecule has 0 heterocycles. The van der Waals surface area contributed by atoms with Crippen LogP contribution in [-0.4, -0.2) is 34.7 Å². The van der Waals surface area contributed by atoms with Crippen LogP contribution in [0.1, 0.15) is 118 Å². The molecule has 1 aliphatic rings. The number of esters is 1. The number of unbranched alkanes of at least 4 members (excludes halogenated alkanes) is 6. The highest BCUT2D eigenvalue weighted by Gasteiger charge is 2.50. The van der Waals surface area contributed by atoms with Crippen LogP contribution in [0.5, 0.6) is 0 Å². The quantitative estimate of drug-likeness (QED) is 0.132. The van der Waals surface area contributed by atoms with Crippen LogP contribution in [0.3, 0.4) is 0 Å². The molecule has 196 valence electrons. The molecule has 2 N–H and O–H groups in total. The van der Waals surface area contributed by atoms with Gasteiger partial charge >= 0.3 is 17.9 Å². The van der Waals surface area contributed by atoms with E-state index in [0.29, 0.717) is 50.2 Å². The summed E-state index contributed by atoms with van der Waals surface area (Å²) >= 11 is 0. The van der Waals surface area contributed by atoms with E-state index >= 15 is 0 Å². The molecule has 0 saturated heterocycles. The Kier molecular flexibility index (Phi) is 14.1. The van der Waals surface area contributed by atoms with E-state index in [2.05, 4.69) is 13.8 Å². The smallest absolute Gasteiger partial charge is 0.333 e. The summed E-state index contributed by atoms with van der Waals surface area (Å²) in [7, 11) is 0. The minimum Gasteiger partial charge on any atom is -0.481 e. The molecule has 34 heavy (non-hydrogen) atoms. The third-order valence-electron chi connectivity index (χ3n) is 7.00. The summed E-state index contributed by atoms with van der Waals surface area (Å²) in [6, 6.07) is 0. The van der Waals surface area contributed by atoms with Gasteiger partial charge in [-0.05, 0) is 43.9 Å². The van der Waals surface area contributed by atoms with Gasteiger partial charge in [-0.2, -0.15) is 0 Å². The van der Waals surface area contributed by atoms with E-state index in [9.17, 15) is 24.6 Å². The summed E-state index contributed by atoms with van der Waals surface area (Å²) in [4.78, 5) is 37.1. The van der Waals surface area contributed by atoms with Gasteiger partial charge < -0.3 is 14.9 Å². The predicted octanol–water partition coefficient (Wildman–Crippen LogP) is 7.01. The molecule has 0 aliphatic heterocycles. The van der Waals surface area contributed by atoms with Crippen LogP contribution >= 0.6 is 0 Å². The Balaban J connectivity index is 2.68.